The van der Waals surface area contributed by atoms with Gasteiger partial charge >= 0.3 is 0 Å². The Bertz CT molecular complexity index is 454. The summed E-state index contributed by atoms with van der Waals surface area (Å²) in [5.41, 5.74) is 3.51. The first-order valence-electron chi connectivity index (χ1n) is 5.31. The number of aromatic nitrogens is 2. The van der Waals surface area contributed by atoms with E-state index in [4.69, 9.17) is 0 Å². The second kappa shape index (κ2) is 4.86. The molecule has 2 rings (SSSR count). The number of benzene rings is 1. The van der Waals surface area contributed by atoms with Gasteiger partial charge in [-0.2, -0.15) is 0 Å². The van der Waals surface area contributed by atoms with E-state index < -0.39 is 0 Å². The first-order chi connectivity index (χ1) is 7.83. The van der Waals surface area contributed by atoms with Crippen molar-refractivity contribution in [3.05, 3.63) is 59.7 Å². The molecule has 3 nitrogen and oxygen atoms in total. The van der Waals surface area contributed by atoms with E-state index in [0.717, 1.165) is 5.69 Å². The van der Waals surface area contributed by atoms with Gasteiger partial charge in [-0.25, -0.2) is 9.97 Å². The highest BCUT2D eigenvalue weighted by atomic mass is 14.9. The van der Waals surface area contributed by atoms with Crippen LogP contribution in [0.5, 0.6) is 0 Å². The third-order valence-electron chi connectivity index (χ3n) is 2.69. The standard InChI is InChI=1S/C13H15N3/c1-10-5-3-4-6-11(10)13(14-2)12-7-8-15-9-16-12/h3-9,13-14H,1-2H3. The lowest BCUT2D eigenvalue weighted by Crippen LogP contribution is -2.19. The Morgan fingerprint density at radius 3 is 2.62 bits per heavy atom. The van der Waals surface area contributed by atoms with Crippen LogP contribution in [-0.4, -0.2) is 17.0 Å². The Balaban J connectivity index is 2.41. The smallest absolute Gasteiger partial charge is 0.115 e. The molecule has 0 spiro atoms. The van der Waals surface area contributed by atoms with Gasteiger partial charge in [-0.3, -0.25) is 0 Å². The molecular formula is C13H15N3. The lowest BCUT2D eigenvalue weighted by atomic mass is 9.99. The summed E-state index contributed by atoms with van der Waals surface area (Å²) in [5.74, 6) is 0. The Kier molecular flexibility index (Phi) is 3.27. The Labute approximate surface area is 95.6 Å². The van der Waals surface area contributed by atoms with Crippen molar-refractivity contribution in [1.82, 2.24) is 15.3 Å². The highest BCUT2D eigenvalue weighted by molar-refractivity contribution is 5.33. The van der Waals surface area contributed by atoms with Gasteiger partial charge in [-0.05, 0) is 31.2 Å². The molecular weight excluding hydrogens is 198 g/mol. The van der Waals surface area contributed by atoms with Crippen molar-refractivity contribution >= 4 is 0 Å². The second-order valence-corrected chi connectivity index (χ2v) is 3.71. The van der Waals surface area contributed by atoms with Crippen molar-refractivity contribution in [1.29, 1.82) is 0 Å². The molecule has 1 atom stereocenters. The fourth-order valence-corrected chi connectivity index (χ4v) is 1.85. The van der Waals surface area contributed by atoms with Crippen LogP contribution in [0.4, 0.5) is 0 Å². The molecule has 0 aliphatic carbocycles. The minimum atomic E-state index is 0.129. The van der Waals surface area contributed by atoms with Crippen molar-refractivity contribution in [3.63, 3.8) is 0 Å². The van der Waals surface area contributed by atoms with Gasteiger partial charge < -0.3 is 5.32 Å². The van der Waals surface area contributed by atoms with Gasteiger partial charge in [0.25, 0.3) is 0 Å². The van der Waals surface area contributed by atoms with E-state index in [-0.39, 0.29) is 6.04 Å². The number of nitrogens with one attached hydrogen (secondary N) is 1. The number of hydrogen-bond acceptors (Lipinski definition) is 3. The molecule has 0 amide bonds. The van der Waals surface area contributed by atoms with Crippen LogP contribution in [0.2, 0.25) is 0 Å². The Morgan fingerprint density at radius 2 is 2.00 bits per heavy atom. The van der Waals surface area contributed by atoms with E-state index >= 15 is 0 Å². The molecule has 1 unspecified atom stereocenters. The van der Waals surface area contributed by atoms with Gasteiger partial charge in [0.15, 0.2) is 0 Å². The fourth-order valence-electron chi connectivity index (χ4n) is 1.85. The molecule has 1 aromatic heterocycles. The molecule has 2 aromatic rings. The summed E-state index contributed by atoms with van der Waals surface area (Å²) in [4.78, 5) is 8.23. The van der Waals surface area contributed by atoms with Crippen molar-refractivity contribution in [2.45, 2.75) is 13.0 Å². The molecule has 0 aliphatic rings. The van der Waals surface area contributed by atoms with Crippen LogP contribution in [0.3, 0.4) is 0 Å². The molecule has 0 bridgehead atoms. The molecule has 0 saturated heterocycles. The molecule has 0 fully saturated rings. The van der Waals surface area contributed by atoms with Crippen LogP contribution >= 0.6 is 0 Å². The van der Waals surface area contributed by atoms with Gasteiger partial charge in [0.05, 0.1) is 11.7 Å². The minimum absolute atomic E-state index is 0.129. The minimum Gasteiger partial charge on any atom is -0.308 e. The lowest BCUT2D eigenvalue weighted by molar-refractivity contribution is 0.664. The molecule has 1 heterocycles. The van der Waals surface area contributed by atoms with Crippen molar-refractivity contribution in [3.8, 4) is 0 Å². The van der Waals surface area contributed by atoms with E-state index in [2.05, 4.69) is 34.3 Å². The van der Waals surface area contributed by atoms with E-state index in [1.54, 1.807) is 12.5 Å². The van der Waals surface area contributed by atoms with Crippen LogP contribution < -0.4 is 5.32 Å². The van der Waals surface area contributed by atoms with Crippen LogP contribution in [0, 0.1) is 6.92 Å². The lowest BCUT2D eigenvalue weighted by Gasteiger charge is -2.17. The highest BCUT2D eigenvalue weighted by Crippen LogP contribution is 2.22. The summed E-state index contributed by atoms with van der Waals surface area (Å²) in [6.07, 6.45) is 3.35. The van der Waals surface area contributed by atoms with Crippen molar-refractivity contribution < 1.29 is 0 Å². The maximum absolute atomic E-state index is 4.29. The molecule has 1 N–H and O–H groups in total. The van der Waals surface area contributed by atoms with Crippen LogP contribution in [-0.2, 0) is 0 Å². The first kappa shape index (κ1) is 10.8. The third-order valence-corrected chi connectivity index (χ3v) is 2.69. The van der Waals surface area contributed by atoms with E-state index in [9.17, 15) is 0 Å². The molecule has 0 saturated carbocycles. The molecule has 16 heavy (non-hydrogen) atoms. The van der Waals surface area contributed by atoms with Crippen molar-refractivity contribution in [2.75, 3.05) is 7.05 Å². The summed E-state index contributed by atoms with van der Waals surface area (Å²) < 4.78 is 0. The van der Waals surface area contributed by atoms with E-state index in [0.29, 0.717) is 0 Å². The zero-order chi connectivity index (χ0) is 11.4. The zero-order valence-electron chi connectivity index (χ0n) is 9.51. The quantitative estimate of drug-likeness (QED) is 0.848. The largest absolute Gasteiger partial charge is 0.308 e. The fraction of sp³-hybridized carbons (Fsp3) is 0.231. The predicted octanol–water partition coefficient (Wildman–Crippen LogP) is 2.09. The van der Waals surface area contributed by atoms with Gasteiger partial charge in [-0.1, -0.05) is 24.3 Å². The van der Waals surface area contributed by atoms with Gasteiger partial charge in [-0.15, -0.1) is 0 Å². The molecule has 3 heteroatoms. The number of nitrogens with zero attached hydrogens (tertiary/aromatic N) is 2. The molecule has 0 aliphatic heterocycles. The van der Waals surface area contributed by atoms with E-state index in [1.165, 1.54) is 11.1 Å². The molecule has 82 valence electrons. The summed E-state index contributed by atoms with van der Waals surface area (Å²) in [6, 6.07) is 10.4. The normalized spacial score (nSPS) is 12.4. The van der Waals surface area contributed by atoms with Gasteiger partial charge in [0.2, 0.25) is 0 Å². The average molecular weight is 213 g/mol. The van der Waals surface area contributed by atoms with Crippen molar-refractivity contribution in [2.24, 2.45) is 0 Å². The van der Waals surface area contributed by atoms with Crippen LogP contribution in [0.25, 0.3) is 0 Å². The monoisotopic (exact) mass is 213 g/mol. The second-order valence-electron chi connectivity index (χ2n) is 3.71. The molecule has 0 radical (unpaired) electrons. The summed E-state index contributed by atoms with van der Waals surface area (Å²) in [7, 11) is 1.94. The molecule has 1 aromatic carbocycles. The topological polar surface area (TPSA) is 37.8 Å². The van der Waals surface area contributed by atoms with Crippen LogP contribution in [0.1, 0.15) is 22.9 Å². The highest BCUT2D eigenvalue weighted by Gasteiger charge is 2.14. The Morgan fingerprint density at radius 1 is 1.19 bits per heavy atom. The predicted molar refractivity (Wildman–Crippen MR) is 64.1 cm³/mol. The first-order valence-corrected chi connectivity index (χ1v) is 5.31. The number of hydrogen-bond donors (Lipinski definition) is 1. The summed E-state index contributed by atoms with van der Waals surface area (Å²) >= 11 is 0. The van der Waals surface area contributed by atoms with E-state index in [1.807, 2.05) is 25.2 Å². The maximum Gasteiger partial charge on any atom is 0.115 e. The van der Waals surface area contributed by atoms with Crippen LogP contribution in [0.15, 0.2) is 42.9 Å². The van der Waals surface area contributed by atoms with Gasteiger partial charge in [0, 0.05) is 6.20 Å². The third kappa shape index (κ3) is 2.09. The number of rotatable bonds is 3. The summed E-state index contributed by atoms with van der Waals surface area (Å²) in [5, 5.41) is 3.29. The maximum atomic E-state index is 4.29. The zero-order valence-corrected chi connectivity index (χ0v) is 9.51. The van der Waals surface area contributed by atoms with Gasteiger partial charge in [0.1, 0.15) is 6.33 Å². The number of aryl methyl sites for hydroxylation is 1. The average Bonchev–Trinajstić information content (AvgIpc) is 2.34. The summed E-state index contributed by atoms with van der Waals surface area (Å²) in [6.45, 7) is 2.11. The SMILES string of the molecule is CNC(c1ccncn1)c1ccccc1C. The Hall–Kier alpha value is -1.74.